The highest BCUT2D eigenvalue weighted by Crippen LogP contribution is 2.28. The van der Waals surface area contributed by atoms with E-state index in [1.54, 1.807) is 18.1 Å². The lowest BCUT2D eigenvalue weighted by molar-refractivity contribution is -0.113. The molecular weight excluding hydrogens is 348 g/mol. The van der Waals surface area contributed by atoms with Gasteiger partial charge in [0.2, 0.25) is 0 Å². The van der Waals surface area contributed by atoms with Crippen LogP contribution in [0.25, 0.3) is 6.08 Å². The quantitative estimate of drug-likeness (QED) is 0.619. The number of aryl methyl sites for hydroxylation is 1. The molecule has 0 saturated carbocycles. The fraction of sp³-hybridized carbons (Fsp3) is 0.0833. The summed E-state index contributed by atoms with van der Waals surface area (Å²) < 4.78 is 5.20. The Kier molecular flexibility index (Phi) is 4.77. The van der Waals surface area contributed by atoms with Crippen LogP contribution in [0, 0.1) is 6.92 Å². The van der Waals surface area contributed by atoms with E-state index >= 15 is 0 Å². The molecule has 0 radical (unpaired) electrons. The zero-order valence-corrected chi connectivity index (χ0v) is 15.8. The first-order valence-electron chi connectivity index (χ1n) is 9.07. The summed E-state index contributed by atoms with van der Waals surface area (Å²) in [4.78, 5) is 19.6. The number of carbonyl (C=O) groups is 1. The van der Waals surface area contributed by atoms with Crippen LogP contribution >= 0.6 is 0 Å². The van der Waals surface area contributed by atoms with Gasteiger partial charge in [-0.3, -0.25) is 9.69 Å². The van der Waals surface area contributed by atoms with Crippen LogP contribution in [-0.4, -0.2) is 18.9 Å². The molecule has 4 nitrogen and oxygen atoms in total. The molecule has 4 rings (SSSR count). The Morgan fingerprint density at radius 1 is 0.893 bits per heavy atom. The number of nitrogens with zero attached hydrogens (tertiary/aromatic N) is 2. The molecule has 0 N–H and O–H groups in total. The summed E-state index contributed by atoms with van der Waals surface area (Å²) in [5, 5.41) is 0. The van der Waals surface area contributed by atoms with Gasteiger partial charge in [0.05, 0.1) is 12.8 Å². The monoisotopic (exact) mass is 368 g/mol. The van der Waals surface area contributed by atoms with E-state index in [0.29, 0.717) is 11.5 Å². The van der Waals surface area contributed by atoms with Crippen molar-refractivity contribution >= 4 is 23.5 Å². The van der Waals surface area contributed by atoms with Crippen molar-refractivity contribution in [2.75, 3.05) is 12.0 Å². The van der Waals surface area contributed by atoms with Crippen LogP contribution in [0.4, 0.5) is 5.69 Å². The smallest absolute Gasteiger partial charge is 0.282 e. The number of carbonyl (C=O) groups excluding carboxylic acids is 1. The second-order valence-corrected chi connectivity index (χ2v) is 6.58. The first-order valence-corrected chi connectivity index (χ1v) is 9.07. The van der Waals surface area contributed by atoms with E-state index in [-0.39, 0.29) is 5.91 Å². The van der Waals surface area contributed by atoms with Crippen molar-refractivity contribution in [1.82, 2.24) is 0 Å². The minimum Gasteiger partial charge on any atom is -0.497 e. The fourth-order valence-corrected chi connectivity index (χ4v) is 3.09. The fourth-order valence-electron chi connectivity index (χ4n) is 3.09. The first-order chi connectivity index (χ1) is 13.7. The van der Waals surface area contributed by atoms with Crippen LogP contribution in [0.5, 0.6) is 5.75 Å². The number of anilines is 1. The van der Waals surface area contributed by atoms with Gasteiger partial charge in [-0.2, -0.15) is 0 Å². The van der Waals surface area contributed by atoms with Crippen molar-refractivity contribution in [1.29, 1.82) is 0 Å². The first kappa shape index (κ1) is 17.7. The molecule has 0 spiro atoms. The van der Waals surface area contributed by atoms with Crippen LogP contribution in [-0.2, 0) is 4.79 Å². The third-order valence-electron chi connectivity index (χ3n) is 4.60. The highest BCUT2D eigenvalue weighted by Gasteiger charge is 2.32. The van der Waals surface area contributed by atoms with Crippen LogP contribution in [0.1, 0.15) is 16.7 Å². The van der Waals surface area contributed by atoms with Gasteiger partial charge in [0.15, 0.2) is 0 Å². The molecule has 0 bridgehead atoms. The molecule has 1 aliphatic rings. The van der Waals surface area contributed by atoms with Crippen molar-refractivity contribution in [3.8, 4) is 5.75 Å². The molecule has 138 valence electrons. The molecule has 4 heteroatoms. The Balaban J connectivity index is 1.78. The molecule has 3 aromatic rings. The zero-order chi connectivity index (χ0) is 19.5. The molecule has 28 heavy (non-hydrogen) atoms. The molecule has 0 saturated heterocycles. The Labute approximate surface area is 164 Å². The van der Waals surface area contributed by atoms with Gasteiger partial charge in [-0.25, -0.2) is 4.99 Å². The number of benzene rings is 3. The summed E-state index contributed by atoms with van der Waals surface area (Å²) in [6, 6.07) is 25.2. The summed E-state index contributed by atoms with van der Waals surface area (Å²) in [5.74, 6) is 1.27. The summed E-state index contributed by atoms with van der Waals surface area (Å²) >= 11 is 0. The minimum absolute atomic E-state index is 0.141. The summed E-state index contributed by atoms with van der Waals surface area (Å²) in [6.07, 6.45) is 1.80. The van der Waals surface area contributed by atoms with Gasteiger partial charge < -0.3 is 4.74 Å². The summed E-state index contributed by atoms with van der Waals surface area (Å²) in [5.41, 5.74) is 4.16. The van der Waals surface area contributed by atoms with E-state index in [1.807, 2.05) is 85.8 Å². The van der Waals surface area contributed by atoms with Crippen LogP contribution < -0.4 is 9.64 Å². The van der Waals surface area contributed by atoms with Gasteiger partial charge in [-0.15, -0.1) is 0 Å². The lowest BCUT2D eigenvalue weighted by Gasteiger charge is -2.18. The molecule has 1 amide bonds. The predicted molar refractivity (Wildman–Crippen MR) is 113 cm³/mol. The van der Waals surface area contributed by atoms with E-state index in [4.69, 9.17) is 4.74 Å². The van der Waals surface area contributed by atoms with Crippen molar-refractivity contribution < 1.29 is 9.53 Å². The van der Waals surface area contributed by atoms with Gasteiger partial charge >= 0.3 is 0 Å². The maximum Gasteiger partial charge on any atom is 0.282 e. The number of ether oxygens (including phenoxy) is 1. The van der Waals surface area contributed by atoms with E-state index in [9.17, 15) is 4.79 Å². The number of rotatable bonds is 4. The number of amidine groups is 1. The zero-order valence-electron chi connectivity index (χ0n) is 15.8. The number of aliphatic imine (C=N–C) groups is 1. The summed E-state index contributed by atoms with van der Waals surface area (Å²) in [7, 11) is 1.63. The third-order valence-corrected chi connectivity index (χ3v) is 4.60. The maximum atomic E-state index is 13.2. The molecule has 0 atom stereocenters. The molecule has 0 aliphatic carbocycles. The van der Waals surface area contributed by atoms with Gasteiger partial charge in [-0.05, 0) is 42.8 Å². The van der Waals surface area contributed by atoms with Crippen molar-refractivity contribution in [2.45, 2.75) is 6.92 Å². The molecule has 3 aromatic carbocycles. The van der Waals surface area contributed by atoms with Gasteiger partial charge in [0.1, 0.15) is 17.3 Å². The SMILES string of the molecule is COc1ccc(/C=C2/N=C(c3ccc(C)cc3)N(c3ccccc3)C2=O)cc1. The van der Waals surface area contributed by atoms with Gasteiger partial charge in [-0.1, -0.05) is 60.2 Å². The lowest BCUT2D eigenvalue weighted by atomic mass is 10.1. The Morgan fingerprint density at radius 3 is 2.21 bits per heavy atom. The van der Waals surface area contributed by atoms with E-state index < -0.39 is 0 Å². The second kappa shape index (κ2) is 7.53. The third kappa shape index (κ3) is 3.45. The molecule has 0 aromatic heterocycles. The highest BCUT2D eigenvalue weighted by molar-refractivity contribution is 6.33. The van der Waals surface area contributed by atoms with Crippen molar-refractivity contribution in [3.63, 3.8) is 0 Å². The van der Waals surface area contributed by atoms with E-state index in [0.717, 1.165) is 28.1 Å². The second-order valence-electron chi connectivity index (χ2n) is 6.58. The Morgan fingerprint density at radius 2 is 1.57 bits per heavy atom. The highest BCUT2D eigenvalue weighted by atomic mass is 16.5. The van der Waals surface area contributed by atoms with Gasteiger partial charge in [0.25, 0.3) is 5.91 Å². The van der Waals surface area contributed by atoms with Gasteiger partial charge in [0, 0.05) is 5.56 Å². The van der Waals surface area contributed by atoms with Crippen LogP contribution in [0.3, 0.4) is 0 Å². The number of amides is 1. The maximum absolute atomic E-state index is 13.2. The number of hydrogen-bond acceptors (Lipinski definition) is 3. The number of methoxy groups -OCH3 is 1. The lowest BCUT2D eigenvalue weighted by Crippen LogP contribution is -2.32. The Bertz CT molecular complexity index is 1050. The van der Waals surface area contributed by atoms with E-state index in [2.05, 4.69) is 4.99 Å². The molecule has 0 unspecified atom stereocenters. The normalized spacial score (nSPS) is 15.1. The Hall–Kier alpha value is -3.66. The predicted octanol–water partition coefficient (Wildman–Crippen LogP) is 4.84. The topological polar surface area (TPSA) is 41.9 Å². The standard InChI is InChI=1S/C24H20N2O2/c1-17-8-12-19(13-9-17)23-25-22(16-18-10-14-21(28-2)15-11-18)24(27)26(23)20-6-4-3-5-7-20/h3-16H,1-2H3/b22-16+. The van der Waals surface area contributed by atoms with Crippen LogP contribution in [0.2, 0.25) is 0 Å². The molecule has 1 heterocycles. The minimum atomic E-state index is -0.141. The number of hydrogen-bond donors (Lipinski definition) is 0. The average molecular weight is 368 g/mol. The van der Waals surface area contributed by atoms with Crippen molar-refractivity contribution in [3.05, 3.63) is 101 Å². The largest absolute Gasteiger partial charge is 0.497 e. The van der Waals surface area contributed by atoms with E-state index in [1.165, 1.54) is 0 Å². The number of para-hydroxylation sites is 1. The molecule has 0 fully saturated rings. The van der Waals surface area contributed by atoms with Crippen LogP contribution in [0.15, 0.2) is 89.6 Å². The molecular formula is C24H20N2O2. The summed E-state index contributed by atoms with van der Waals surface area (Å²) in [6.45, 7) is 2.04. The van der Waals surface area contributed by atoms with Crippen molar-refractivity contribution in [2.24, 2.45) is 4.99 Å². The average Bonchev–Trinajstić information content (AvgIpc) is 3.06. The molecule has 1 aliphatic heterocycles.